The number of nitrogens with two attached hydrogens (primary N) is 1. The number of benzene rings is 1. The number of nitrogen functional groups attached to an aromatic ring is 1. The Balaban J connectivity index is 1.92. The van der Waals surface area contributed by atoms with Crippen molar-refractivity contribution in [3.05, 3.63) is 52.2 Å². The summed E-state index contributed by atoms with van der Waals surface area (Å²) in [6, 6.07) is 11.8. The lowest BCUT2D eigenvalue weighted by Crippen LogP contribution is -2.06. The summed E-state index contributed by atoms with van der Waals surface area (Å²) in [5.74, 6) is 0.542. The lowest BCUT2D eigenvalue weighted by molar-refractivity contribution is -0.118. The minimum Gasteiger partial charge on any atom is -0.399 e. The predicted molar refractivity (Wildman–Crippen MR) is 76.9 cm³/mol. The summed E-state index contributed by atoms with van der Waals surface area (Å²) in [6.45, 7) is 2.08. The van der Waals surface area contributed by atoms with Gasteiger partial charge in [-0.05, 0) is 35.1 Å². The van der Waals surface area contributed by atoms with E-state index in [0.717, 1.165) is 10.6 Å². The molecule has 2 aromatic rings. The molecule has 0 fully saturated rings. The normalized spacial score (nSPS) is 12.3. The smallest absolute Gasteiger partial charge is 0.138 e. The molecule has 0 saturated carbocycles. The van der Waals surface area contributed by atoms with E-state index in [0.29, 0.717) is 18.6 Å². The van der Waals surface area contributed by atoms with Gasteiger partial charge in [0.05, 0.1) is 0 Å². The van der Waals surface area contributed by atoms with Gasteiger partial charge in [-0.2, -0.15) is 0 Å². The van der Waals surface area contributed by atoms with Gasteiger partial charge in [-0.1, -0.05) is 25.1 Å². The van der Waals surface area contributed by atoms with Gasteiger partial charge in [-0.15, -0.1) is 11.3 Å². The fraction of sp³-hybridized carbons (Fsp3) is 0.267. The first kappa shape index (κ1) is 12.8. The van der Waals surface area contributed by atoms with Crippen molar-refractivity contribution in [2.75, 3.05) is 5.73 Å². The van der Waals surface area contributed by atoms with E-state index in [2.05, 4.69) is 6.92 Å². The fourth-order valence-electron chi connectivity index (χ4n) is 1.96. The molecule has 0 saturated heterocycles. The van der Waals surface area contributed by atoms with Crippen LogP contribution in [0, 0.1) is 0 Å². The Morgan fingerprint density at radius 3 is 2.61 bits per heavy atom. The molecule has 1 aromatic carbocycles. The second-order valence-electron chi connectivity index (χ2n) is 4.57. The summed E-state index contributed by atoms with van der Waals surface area (Å²) in [6.07, 6.45) is 1.14. The number of hydrogen-bond acceptors (Lipinski definition) is 3. The van der Waals surface area contributed by atoms with Crippen LogP contribution in [-0.4, -0.2) is 5.78 Å². The van der Waals surface area contributed by atoms with Gasteiger partial charge in [-0.25, -0.2) is 0 Å². The van der Waals surface area contributed by atoms with Gasteiger partial charge < -0.3 is 5.73 Å². The Kier molecular flexibility index (Phi) is 4.15. The van der Waals surface area contributed by atoms with Crippen molar-refractivity contribution >= 4 is 22.8 Å². The zero-order chi connectivity index (χ0) is 13.0. The molecule has 1 atom stereocenters. The molecule has 1 unspecified atom stereocenters. The van der Waals surface area contributed by atoms with Crippen LogP contribution in [0.2, 0.25) is 0 Å². The van der Waals surface area contributed by atoms with Gasteiger partial charge in [0, 0.05) is 23.4 Å². The molecule has 2 rings (SSSR count). The van der Waals surface area contributed by atoms with E-state index >= 15 is 0 Å². The molecule has 0 spiro atoms. The van der Waals surface area contributed by atoms with Crippen molar-refractivity contribution in [1.82, 2.24) is 0 Å². The van der Waals surface area contributed by atoms with Gasteiger partial charge in [0.15, 0.2) is 0 Å². The van der Waals surface area contributed by atoms with Gasteiger partial charge in [0.1, 0.15) is 5.78 Å². The molecule has 0 aliphatic carbocycles. The highest BCUT2D eigenvalue weighted by Crippen LogP contribution is 2.21. The van der Waals surface area contributed by atoms with Gasteiger partial charge in [-0.3, -0.25) is 4.79 Å². The third-order valence-electron chi connectivity index (χ3n) is 2.99. The SMILES string of the molecule is CC(CC(=O)Cc1cccs1)c1ccc(N)cc1. The van der Waals surface area contributed by atoms with Crippen LogP contribution in [0.4, 0.5) is 5.69 Å². The Hall–Kier alpha value is -1.61. The fourth-order valence-corrected chi connectivity index (χ4v) is 2.70. The van der Waals surface area contributed by atoms with Crippen molar-refractivity contribution in [3.8, 4) is 0 Å². The maximum absolute atomic E-state index is 11.9. The van der Waals surface area contributed by atoms with Crippen molar-refractivity contribution < 1.29 is 4.79 Å². The van der Waals surface area contributed by atoms with Crippen LogP contribution >= 0.6 is 11.3 Å². The molecule has 94 valence electrons. The third kappa shape index (κ3) is 3.44. The second kappa shape index (κ2) is 5.83. The zero-order valence-corrected chi connectivity index (χ0v) is 11.2. The minimum atomic E-state index is 0.248. The number of hydrogen-bond donors (Lipinski definition) is 1. The lowest BCUT2D eigenvalue weighted by Gasteiger charge is -2.11. The van der Waals surface area contributed by atoms with E-state index in [1.54, 1.807) is 11.3 Å². The van der Waals surface area contributed by atoms with Crippen LogP contribution in [0.25, 0.3) is 0 Å². The highest BCUT2D eigenvalue weighted by Gasteiger charge is 2.12. The van der Waals surface area contributed by atoms with Crippen molar-refractivity contribution in [1.29, 1.82) is 0 Å². The average Bonchev–Trinajstić information content (AvgIpc) is 2.82. The third-order valence-corrected chi connectivity index (χ3v) is 3.87. The summed E-state index contributed by atoms with van der Waals surface area (Å²) in [5.41, 5.74) is 7.58. The first-order chi connectivity index (χ1) is 8.65. The summed E-state index contributed by atoms with van der Waals surface area (Å²) in [4.78, 5) is 13.1. The van der Waals surface area contributed by atoms with Crippen LogP contribution in [0.1, 0.15) is 29.7 Å². The molecular weight excluding hydrogens is 242 g/mol. The molecule has 0 radical (unpaired) electrons. The van der Waals surface area contributed by atoms with Gasteiger partial charge >= 0.3 is 0 Å². The minimum absolute atomic E-state index is 0.248. The zero-order valence-electron chi connectivity index (χ0n) is 10.4. The number of anilines is 1. The summed E-state index contributed by atoms with van der Waals surface area (Å²) < 4.78 is 0. The van der Waals surface area contributed by atoms with E-state index in [1.165, 1.54) is 5.56 Å². The van der Waals surface area contributed by atoms with E-state index in [1.807, 2.05) is 41.8 Å². The molecular formula is C15H17NOS. The first-order valence-corrected chi connectivity index (χ1v) is 6.92. The standard InChI is InChI=1S/C15H17NOS/c1-11(12-4-6-13(16)7-5-12)9-14(17)10-15-3-2-8-18-15/h2-8,11H,9-10,16H2,1H3. The maximum Gasteiger partial charge on any atom is 0.138 e. The van der Waals surface area contributed by atoms with Crippen LogP contribution in [0.5, 0.6) is 0 Å². The van der Waals surface area contributed by atoms with Crippen LogP contribution in [0.15, 0.2) is 41.8 Å². The number of carbonyl (C=O) groups is 1. The monoisotopic (exact) mass is 259 g/mol. The molecule has 2 nitrogen and oxygen atoms in total. The number of rotatable bonds is 5. The molecule has 0 bridgehead atoms. The summed E-state index contributed by atoms with van der Waals surface area (Å²) >= 11 is 1.64. The van der Waals surface area contributed by atoms with E-state index in [4.69, 9.17) is 5.73 Å². The highest BCUT2D eigenvalue weighted by molar-refractivity contribution is 7.10. The topological polar surface area (TPSA) is 43.1 Å². The second-order valence-corrected chi connectivity index (χ2v) is 5.60. The molecule has 18 heavy (non-hydrogen) atoms. The number of ketones is 1. The summed E-state index contributed by atoms with van der Waals surface area (Å²) in [5, 5.41) is 2.01. The highest BCUT2D eigenvalue weighted by atomic mass is 32.1. The predicted octanol–water partition coefficient (Wildman–Crippen LogP) is 3.64. The molecule has 1 heterocycles. The first-order valence-electron chi connectivity index (χ1n) is 6.04. The Morgan fingerprint density at radius 1 is 1.28 bits per heavy atom. The van der Waals surface area contributed by atoms with Crippen LogP contribution < -0.4 is 5.73 Å². The quantitative estimate of drug-likeness (QED) is 0.833. The number of carbonyl (C=O) groups excluding carboxylic acids is 1. The van der Waals surface area contributed by atoms with Crippen molar-refractivity contribution in [3.63, 3.8) is 0 Å². The number of thiophene rings is 1. The molecule has 0 amide bonds. The Labute approximate surface area is 111 Å². The molecule has 3 heteroatoms. The maximum atomic E-state index is 11.9. The Morgan fingerprint density at radius 2 is 2.00 bits per heavy atom. The van der Waals surface area contributed by atoms with Crippen molar-refractivity contribution in [2.24, 2.45) is 0 Å². The molecule has 0 aliphatic rings. The average molecular weight is 259 g/mol. The lowest BCUT2D eigenvalue weighted by atomic mass is 9.94. The molecule has 0 aliphatic heterocycles. The molecule has 2 N–H and O–H groups in total. The molecule has 1 aromatic heterocycles. The van der Waals surface area contributed by atoms with E-state index in [9.17, 15) is 4.79 Å². The number of Topliss-reactive ketones (excluding diaryl/α,β-unsaturated/α-hetero) is 1. The van der Waals surface area contributed by atoms with Crippen LogP contribution in [0.3, 0.4) is 0 Å². The van der Waals surface area contributed by atoms with Crippen molar-refractivity contribution in [2.45, 2.75) is 25.7 Å². The largest absolute Gasteiger partial charge is 0.399 e. The van der Waals surface area contributed by atoms with Gasteiger partial charge in [0.25, 0.3) is 0 Å². The van der Waals surface area contributed by atoms with Gasteiger partial charge in [0.2, 0.25) is 0 Å². The van der Waals surface area contributed by atoms with Crippen LogP contribution in [-0.2, 0) is 11.2 Å². The van der Waals surface area contributed by atoms with E-state index < -0.39 is 0 Å². The van der Waals surface area contributed by atoms with E-state index in [-0.39, 0.29) is 5.92 Å². The Bertz CT molecular complexity index is 502. The summed E-state index contributed by atoms with van der Waals surface area (Å²) in [7, 11) is 0.